The molecule has 0 unspecified atom stereocenters. The molecule has 0 spiro atoms. The van der Waals surface area contributed by atoms with Crippen molar-refractivity contribution in [3.05, 3.63) is 29.3 Å². The first-order valence-electron chi connectivity index (χ1n) is 7.93. The van der Waals surface area contributed by atoms with E-state index < -0.39 is 0 Å². The predicted octanol–water partition coefficient (Wildman–Crippen LogP) is 1.93. The van der Waals surface area contributed by atoms with Crippen molar-refractivity contribution in [3.8, 4) is 5.75 Å². The van der Waals surface area contributed by atoms with Crippen LogP contribution >= 0.6 is 0 Å². The van der Waals surface area contributed by atoms with Gasteiger partial charge in [-0.15, -0.1) is 0 Å². The summed E-state index contributed by atoms with van der Waals surface area (Å²) in [6.07, 6.45) is 0. The number of methoxy groups -OCH3 is 1. The molecule has 0 bridgehead atoms. The molecule has 1 aliphatic heterocycles. The third-order valence-electron chi connectivity index (χ3n) is 4.07. The molecule has 2 rings (SSSR count). The van der Waals surface area contributed by atoms with Crippen molar-refractivity contribution in [1.29, 1.82) is 0 Å². The Kier molecular flexibility index (Phi) is 6.03. The predicted molar refractivity (Wildman–Crippen MR) is 87.4 cm³/mol. The van der Waals surface area contributed by atoms with E-state index in [1.54, 1.807) is 7.11 Å². The van der Waals surface area contributed by atoms with Crippen LogP contribution in [0.3, 0.4) is 0 Å². The summed E-state index contributed by atoms with van der Waals surface area (Å²) in [5.41, 5.74) is 8.10. The van der Waals surface area contributed by atoms with E-state index in [9.17, 15) is 0 Å². The Hall–Kier alpha value is -1.10. The van der Waals surface area contributed by atoms with Crippen LogP contribution in [0.1, 0.15) is 25.0 Å². The summed E-state index contributed by atoms with van der Waals surface area (Å²) in [5.74, 6) is 1.66. The SMILES string of the molecule is COc1cc(CN2CCN(CC(C)C)CC2)ccc1CN. The zero-order chi connectivity index (χ0) is 15.2. The van der Waals surface area contributed by atoms with Crippen molar-refractivity contribution in [2.45, 2.75) is 26.9 Å². The highest BCUT2D eigenvalue weighted by Gasteiger charge is 2.17. The van der Waals surface area contributed by atoms with Gasteiger partial charge in [0.05, 0.1) is 7.11 Å². The summed E-state index contributed by atoms with van der Waals surface area (Å²) in [7, 11) is 1.71. The van der Waals surface area contributed by atoms with Crippen LogP contribution in [0.25, 0.3) is 0 Å². The standard InChI is InChI=1S/C17H29N3O/c1-14(2)12-19-6-8-20(9-7-19)13-15-4-5-16(11-18)17(10-15)21-3/h4-5,10,14H,6-9,11-13,18H2,1-3H3. The van der Waals surface area contributed by atoms with Crippen molar-refractivity contribution in [3.63, 3.8) is 0 Å². The van der Waals surface area contributed by atoms with Gasteiger partial charge in [-0.05, 0) is 17.5 Å². The second-order valence-electron chi connectivity index (χ2n) is 6.32. The fourth-order valence-corrected chi connectivity index (χ4v) is 2.96. The summed E-state index contributed by atoms with van der Waals surface area (Å²) < 4.78 is 5.42. The lowest BCUT2D eigenvalue weighted by atomic mass is 10.1. The minimum atomic E-state index is 0.525. The van der Waals surface area contributed by atoms with Gasteiger partial charge in [0.1, 0.15) is 5.75 Å². The summed E-state index contributed by atoms with van der Waals surface area (Å²) in [6.45, 7) is 12.0. The second kappa shape index (κ2) is 7.78. The Bertz CT molecular complexity index is 440. The first kappa shape index (κ1) is 16.3. The van der Waals surface area contributed by atoms with Crippen LogP contribution in [0.2, 0.25) is 0 Å². The molecule has 1 aromatic carbocycles. The number of nitrogens with zero attached hydrogens (tertiary/aromatic N) is 2. The van der Waals surface area contributed by atoms with Gasteiger partial charge >= 0.3 is 0 Å². The van der Waals surface area contributed by atoms with Gasteiger partial charge in [0, 0.05) is 51.4 Å². The monoisotopic (exact) mass is 291 g/mol. The van der Waals surface area contributed by atoms with Crippen LogP contribution in [-0.4, -0.2) is 49.6 Å². The Balaban J connectivity index is 1.88. The molecular formula is C17H29N3O. The lowest BCUT2D eigenvalue weighted by Crippen LogP contribution is -2.46. The third kappa shape index (κ3) is 4.70. The summed E-state index contributed by atoms with van der Waals surface area (Å²) in [6, 6.07) is 6.39. The number of benzene rings is 1. The van der Waals surface area contributed by atoms with Gasteiger partial charge in [0.2, 0.25) is 0 Å². The largest absolute Gasteiger partial charge is 0.496 e. The Labute approximate surface area is 128 Å². The number of hydrogen-bond donors (Lipinski definition) is 1. The van der Waals surface area contributed by atoms with Crippen molar-refractivity contribution in [1.82, 2.24) is 9.80 Å². The topological polar surface area (TPSA) is 41.7 Å². The molecule has 4 heteroatoms. The molecule has 0 aromatic heterocycles. The molecule has 118 valence electrons. The van der Waals surface area contributed by atoms with Gasteiger partial charge in [0.25, 0.3) is 0 Å². The molecule has 1 fully saturated rings. The lowest BCUT2D eigenvalue weighted by Gasteiger charge is -2.35. The highest BCUT2D eigenvalue weighted by molar-refractivity contribution is 5.37. The molecule has 1 saturated heterocycles. The van der Waals surface area contributed by atoms with E-state index in [2.05, 4.69) is 41.8 Å². The van der Waals surface area contributed by atoms with Crippen LogP contribution in [0.4, 0.5) is 0 Å². The van der Waals surface area contributed by atoms with Gasteiger partial charge in [0.15, 0.2) is 0 Å². The fourth-order valence-electron chi connectivity index (χ4n) is 2.96. The molecule has 1 heterocycles. The first-order valence-corrected chi connectivity index (χ1v) is 7.93. The van der Waals surface area contributed by atoms with E-state index >= 15 is 0 Å². The number of rotatable bonds is 6. The van der Waals surface area contributed by atoms with Crippen LogP contribution in [-0.2, 0) is 13.1 Å². The first-order chi connectivity index (χ1) is 10.1. The maximum Gasteiger partial charge on any atom is 0.123 e. The van der Waals surface area contributed by atoms with E-state index in [0.717, 1.165) is 36.9 Å². The lowest BCUT2D eigenvalue weighted by molar-refractivity contribution is 0.117. The number of piperazine rings is 1. The number of hydrogen-bond acceptors (Lipinski definition) is 4. The van der Waals surface area contributed by atoms with Gasteiger partial charge in [-0.1, -0.05) is 26.0 Å². The average Bonchev–Trinajstić information content (AvgIpc) is 2.48. The van der Waals surface area contributed by atoms with Crippen LogP contribution in [0.15, 0.2) is 18.2 Å². The molecule has 0 aliphatic carbocycles. The molecule has 1 aromatic rings. The molecule has 1 aliphatic rings. The highest BCUT2D eigenvalue weighted by atomic mass is 16.5. The van der Waals surface area contributed by atoms with E-state index in [1.807, 2.05) is 0 Å². The van der Waals surface area contributed by atoms with Gasteiger partial charge in [-0.2, -0.15) is 0 Å². The number of nitrogens with two attached hydrogens (primary N) is 1. The number of ether oxygens (including phenoxy) is 1. The average molecular weight is 291 g/mol. The van der Waals surface area contributed by atoms with Gasteiger partial charge in [-0.3, -0.25) is 4.90 Å². The summed E-state index contributed by atoms with van der Waals surface area (Å²) >= 11 is 0. The van der Waals surface area contributed by atoms with E-state index in [4.69, 9.17) is 10.5 Å². The molecule has 2 N–H and O–H groups in total. The van der Waals surface area contributed by atoms with Crippen molar-refractivity contribution in [2.24, 2.45) is 11.7 Å². The molecule has 21 heavy (non-hydrogen) atoms. The highest BCUT2D eigenvalue weighted by Crippen LogP contribution is 2.21. The molecule has 0 atom stereocenters. The summed E-state index contributed by atoms with van der Waals surface area (Å²) in [4.78, 5) is 5.09. The van der Waals surface area contributed by atoms with Gasteiger partial charge in [-0.25, -0.2) is 0 Å². The summed E-state index contributed by atoms with van der Waals surface area (Å²) in [5, 5.41) is 0. The van der Waals surface area contributed by atoms with Crippen molar-refractivity contribution >= 4 is 0 Å². The molecule has 4 nitrogen and oxygen atoms in total. The second-order valence-corrected chi connectivity index (χ2v) is 6.32. The maximum atomic E-state index is 5.72. The van der Waals surface area contributed by atoms with Crippen molar-refractivity contribution < 1.29 is 4.74 Å². The molecule has 0 amide bonds. The molecule has 0 saturated carbocycles. The Morgan fingerprint density at radius 3 is 2.38 bits per heavy atom. The van der Waals surface area contributed by atoms with Crippen LogP contribution in [0, 0.1) is 5.92 Å². The Morgan fingerprint density at radius 2 is 1.81 bits per heavy atom. The van der Waals surface area contributed by atoms with E-state index in [-0.39, 0.29) is 0 Å². The smallest absolute Gasteiger partial charge is 0.123 e. The van der Waals surface area contributed by atoms with E-state index in [0.29, 0.717) is 6.54 Å². The van der Waals surface area contributed by atoms with Crippen molar-refractivity contribution in [2.75, 3.05) is 39.8 Å². The van der Waals surface area contributed by atoms with Crippen LogP contribution in [0.5, 0.6) is 5.75 Å². The quantitative estimate of drug-likeness (QED) is 0.869. The normalized spacial score (nSPS) is 17.4. The Morgan fingerprint density at radius 1 is 1.14 bits per heavy atom. The molecular weight excluding hydrogens is 262 g/mol. The minimum absolute atomic E-state index is 0.525. The van der Waals surface area contributed by atoms with E-state index in [1.165, 1.54) is 25.2 Å². The maximum absolute atomic E-state index is 5.72. The molecule has 0 radical (unpaired) electrons. The zero-order valence-corrected chi connectivity index (χ0v) is 13.6. The van der Waals surface area contributed by atoms with Crippen LogP contribution < -0.4 is 10.5 Å². The fraction of sp³-hybridized carbons (Fsp3) is 0.647. The minimum Gasteiger partial charge on any atom is -0.496 e. The zero-order valence-electron chi connectivity index (χ0n) is 13.6. The van der Waals surface area contributed by atoms with Gasteiger partial charge < -0.3 is 15.4 Å². The third-order valence-corrected chi connectivity index (χ3v) is 4.07.